The van der Waals surface area contributed by atoms with Crippen molar-refractivity contribution in [1.29, 1.82) is 0 Å². The number of likely N-dealkylation sites (tertiary alicyclic amines) is 1. The maximum atomic E-state index is 12.7. The van der Waals surface area contributed by atoms with Crippen molar-refractivity contribution >= 4 is 5.91 Å². The van der Waals surface area contributed by atoms with Gasteiger partial charge in [-0.2, -0.15) is 5.10 Å². The molecule has 4 nitrogen and oxygen atoms in total. The van der Waals surface area contributed by atoms with Gasteiger partial charge >= 0.3 is 0 Å². The van der Waals surface area contributed by atoms with Crippen molar-refractivity contribution in [2.75, 3.05) is 19.8 Å². The maximum Gasteiger partial charge on any atom is 0.257 e. The fourth-order valence-electron chi connectivity index (χ4n) is 2.76. The van der Waals surface area contributed by atoms with Crippen LogP contribution in [0, 0.1) is 12.8 Å². The average molecular weight is 287 g/mol. The summed E-state index contributed by atoms with van der Waals surface area (Å²) < 4.78 is 14.4. The lowest BCUT2D eigenvalue weighted by atomic mass is 10.1. The molecule has 5 heteroatoms. The Bertz CT molecular complexity index is 638. The number of carbonyl (C=O) groups is 1. The molecule has 2 aromatic rings. The number of para-hydroxylation sites is 1. The first-order valence-electron chi connectivity index (χ1n) is 7.16. The molecule has 2 heterocycles. The van der Waals surface area contributed by atoms with Crippen LogP contribution in [0.2, 0.25) is 0 Å². The molecular weight excluding hydrogens is 269 g/mol. The molecule has 1 aromatic heterocycles. The molecule has 1 saturated heterocycles. The molecule has 1 aromatic carbocycles. The lowest BCUT2D eigenvalue weighted by molar-refractivity contribution is 0.0785. The van der Waals surface area contributed by atoms with Gasteiger partial charge < -0.3 is 4.90 Å². The van der Waals surface area contributed by atoms with E-state index in [0.29, 0.717) is 18.7 Å². The highest BCUT2D eigenvalue weighted by Crippen LogP contribution is 2.21. The normalized spacial score (nSPS) is 18.2. The number of halogens is 1. The van der Waals surface area contributed by atoms with Crippen LogP contribution in [0.15, 0.2) is 36.5 Å². The Hall–Kier alpha value is -2.17. The van der Waals surface area contributed by atoms with Gasteiger partial charge in [0.1, 0.15) is 0 Å². The van der Waals surface area contributed by atoms with Crippen molar-refractivity contribution in [3.05, 3.63) is 47.8 Å². The van der Waals surface area contributed by atoms with Gasteiger partial charge in [-0.15, -0.1) is 0 Å². The topological polar surface area (TPSA) is 38.1 Å². The summed E-state index contributed by atoms with van der Waals surface area (Å²) in [7, 11) is 0. The predicted molar refractivity (Wildman–Crippen MR) is 78.3 cm³/mol. The SMILES string of the molecule is Cc1c(C(=O)N2CCC(CF)C2)cnn1-c1ccccc1. The Kier molecular flexibility index (Phi) is 3.73. The molecule has 0 aliphatic carbocycles. The number of carbonyl (C=O) groups excluding carboxylic acids is 1. The van der Waals surface area contributed by atoms with E-state index < -0.39 is 0 Å². The van der Waals surface area contributed by atoms with Crippen molar-refractivity contribution in [3.63, 3.8) is 0 Å². The fourth-order valence-corrected chi connectivity index (χ4v) is 2.76. The van der Waals surface area contributed by atoms with Crippen molar-refractivity contribution in [1.82, 2.24) is 14.7 Å². The molecule has 3 rings (SSSR count). The summed E-state index contributed by atoms with van der Waals surface area (Å²) in [6.07, 6.45) is 2.35. The number of alkyl halides is 1. The van der Waals surface area contributed by atoms with Crippen LogP contribution in [0.25, 0.3) is 5.69 Å². The molecule has 0 N–H and O–H groups in total. The second kappa shape index (κ2) is 5.68. The third-order valence-corrected chi connectivity index (χ3v) is 4.03. The standard InChI is InChI=1S/C16H18FN3O/c1-12-15(16(21)19-8-7-13(9-17)11-19)10-18-20(12)14-5-3-2-4-6-14/h2-6,10,13H,7-9,11H2,1H3. The van der Waals surface area contributed by atoms with E-state index in [0.717, 1.165) is 17.8 Å². The first-order chi connectivity index (χ1) is 10.2. The van der Waals surface area contributed by atoms with Gasteiger partial charge in [0.15, 0.2) is 0 Å². The quantitative estimate of drug-likeness (QED) is 0.870. The van der Waals surface area contributed by atoms with Gasteiger partial charge in [0.2, 0.25) is 0 Å². The monoisotopic (exact) mass is 287 g/mol. The Balaban J connectivity index is 1.84. The molecule has 1 fully saturated rings. The number of benzene rings is 1. The summed E-state index contributed by atoms with van der Waals surface area (Å²) in [5.41, 5.74) is 2.34. The van der Waals surface area contributed by atoms with Crippen molar-refractivity contribution in [3.8, 4) is 5.69 Å². The van der Waals surface area contributed by atoms with E-state index in [9.17, 15) is 9.18 Å². The first-order valence-corrected chi connectivity index (χ1v) is 7.16. The predicted octanol–water partition coefficient (Wildman–Crippen LogP) is 2.61. The highest BCUT2D eigenvalue weighted by atomic mass is 19.1. The van der Waals surface area contributed by atoms with E-state index in [2.05, 4.69) is 5.10 Å². The number of nitrogens with zero attached hydrogens (tertiary/aromatic N) is 3. The molecule has 0 spiro atoms. The molecule has 1 atom stereocenters. The average Bonchev–Trinajstić information content (AvgIpc) is 3.14. The van der Waals surface area contributed by atoms with Crippen LogP contribution in [0.5, 0.6) is 0 Å². The number of rotatable bonds is 3. The summed E-state index contributed by atoms with van der Waals surface area (Å²) in [5.74, 6) is -0.0657. The van der Waals surface area contributed by atoms with Crippen LogP contribution in [0.4, 0.5) is 4.39 Å². The number of amides is 1. The highest BCUT2D eigenvalue weighted by molar-refractivity contribution is 5.95. The molecule has 1 amide bonds. The van der Waals surface area contributed by atoms with E-state index in [1.54, 1.807) is 15.8 Å². The number of hydrogen-bond donors (Lipinski definition) is 0. The second-order valence-electron chi connectivity index (χ2n) is 5.45. The largest absolute Gasteiger partial charge is 0.338 e. The van der Waals surface area contributed by atoms with E-state index in [1.165, 1.54) is 0 Å². The van der Waals surface area contributed by atoms with Gasteiger partial charge in [-0.25, -0.2) is 4.68 Å². The zero-order valence-electron chi connectivity index (χ0n) is 12.0. The van der Waals surface area contributed by atoms with Gasteiger partial charge in [-0.05, 0) is 25.5 Å². The van der Waals surface area contributed by atoms with Crippen LogP contribution in [0.3, 0.4) is 0 Å². The Morgan fingerprint density at radius 2 is 2.14 bits per heavy atom. The third-order valence-electron chi connectivity index (χ3n) is 4.03. The molecule has 0 radical (unpaired) electrons. The van der Waals surface area contributed by atoms with Gasteiger partial charge in [0.05, 0.1) is 29.8 Å². The van der Waals surface area contributed by atoms with Gasteiger partial charge in [-0.3, -0.25) is 9.18 Å². The molecule has 21 heavy (non-hydrogen) atoms. The number of aromatic nitrogens is 2. The Morgan fingerprint density at radius 1 is 1.38 bits per heavy atom. The zero-order valence-corrected chi connectivity index (χ0v) is 12.0. The summed E-state index contributed by atoms with van der Waals surface area (Å²) in [6.45, 7) is 2.66. The van der Waals surface area contributed by atoms with E-state index >= 15 is 0 Å². The van der Waals surface area contributed by atoms with Crippen molar-refractivity contribution in [2.24, 2.45) is 5.92 Å². The van der Waals surface area contributed by atoms with Gasteiger partial charge in [-0.1, -0.05) is 18.2 Å². The first kappa shape index (κ1) is 13.8. The van der Waals surface area contributed by atoms with Crippen molar-refractivity contribution in [2.45, 2.75) is 13.3 Å². The molecular formula is C16H18FN3O. The van der Waals surface area contributed by atoms with E-state index in [1.807, 2.05) is 37.3 Å². The van der Waals surface area contributed by atoms with E-state index in [4.69, 9.17) is 0 Å². The van der Waals surface area contributed by atoms with Crippen molar-refractivity contribution < 1.29 is 9.18 Å². The van der Waals surface area contributed by atoms with E-state index in [-0.39, 0.29) is 18.5 Å². The van der Waals surface area contributed by atoms with Gasteiger partial charge in [0.25, 0.3) is 5.91 Å². The molecule has 1 unspecified atom stereocenters. The minimum absolute atomic E-state index is 0.0153. The summed E-state index contributed by atoms with van der Waals surface area (Å²) >= 11 is 0. The lowest BCUT2D eigenvalue weighted by Gasteiger charge is -2.15. The molecule has 0 saturated carbocycles. The minimum atomic E-state index is -0.355. The molecule has 110 valence electrons. The van der Waals surface area contributed by atoms with Crippen LogP contribution in [-0.4, -0.2) is 40.4 Å². The second-order valence-corrected chi connectivity index (χ2v) is 5.45. The maximum absolute atomic E-state index is 12.7. The summed E-state index contributed by atoms with van der Waals surface area (Å²) in [6, 6.07) is 9.71. The fraction of sp³-hybridized carbons (Fsp3) is 0.375. The third kappa shape index (κ3) is 2.55. The summed E-state index contributed by atoms with van der Waals surface area (Å²) in [4.78, 5) is 14.2. The van der Waals surface area contributed by atoms with Crippen LogP contribution < -0.4 is 0 Å². The smallest absolute Gasteiger partial charge is 0.257 e. The van der Waals surface area contributed by atoms with Crippen LogP contribution in [0.1, 0.15) is 22.5 Å². The number of hydrogen-bond acceptors (Lipinski definition) is 2. The minimum Gasteiger partial charge on any atom is -0.338 e. The Morgan fingerprint density at radius 3 is 2.81 bits per heavy atom. The zero-order chi connectivity index (χ0) is 14.8. The highest BCUT2D eigenvalue weighted by Gasteiger charge is 2.28. The molecule has 1 aliphatic rings. The summed E-state index contributed by atoms with van der Waals surface area (Å²) in [5, 5.41) is 4.31. The lowest BCUT2D eigenvalue weighted by Crippen LogP contribution is -2.29. The molecule has 0 bridgehead atoms. The molecule has 1 aliphatic heterocycles. The van der Waals surface area contributed by atoms with Crippen LogP contribution in [-0.2, 0) is 0 Å². The van der Waals surface area contributed by atoms with Crippen LogP contribution >= 0.6 is 0 Å². The Labute approximate surface area is 123 Å². The van der Waals surface area contributed by atoms with Gasteiger partial charge in [0, 0.05) is 19.0 Å².